The van der Waals surface area contributed by atoms with Crippen LogP contribution < -0.4 is 21.2 Å². The van der Waals surface area contributed by atoms with Gasteiger partial charge < -0.3 is 0 Å². The molecule has 2 aromatic carbocycles. The summed E-state index contributed by atoms with van der Waals surface area (Å²) in [5.41, 5.74) is 3.19. The molecule has 0 radical (unpaired) electrons. The Morgan fingerprint density at radius 2 is 1.56 bits per heavy atom. The standard InChI is InChI=1S/C15H14I/c1-2-7-14(8-3-1)16-15-10-9-12-5-4-6-13(12)11-15/h1-3,7-11H,4-6H2/q+1. The van der Waals surface area contributed by atoms with Gasteiger partial charge in [0.15, 0.2) is 7.14 Å². The van der Waals surface area contributed by atoms with E-state index in [4.69, 9.17) is 0 Å². The van der Waals surface area contributed by atoms with Crippen molar-refractivity contribution in [3.8, 4) is 0 Å². The molecule has 3 rings (SSSR count). The van der Waals surface area contributed by atoms with Crippen molar-refractivity contribution in [1.29, 1.82) is 0 Å². The predicted octanol–water partition coefficient (Wildman–Crippen LogP) is 0.304. The van der Waals surface area contributed by atoms with Gasteiger partial charge in [-0.15, -0.1) is 0 Å². The van der Waals surface area contributed by atoms with E-state index in [9.17, 15) is 0 Å². The van der Waals surface area contributed by atoms with Crippen LogP contribution in [0.2, 0.25) is 0 Å². The van der Waals surface area contributed by atoms with Crippen LogP contribution in [-0.4, -0.2) is 0 Å². The molecular weight excluding hydrogens is 307 g/mol. The minimum absolute atomic E-state index is 0.0208. The molecule has 16 heavy (non-hydrogen) atoms. The number of aryl methyl sites for hydroxylation is 2. The molecular formula is C15H14I+. The third kappa shape index (κ3) is 2.14. The lowest BCUT2D eigenvalue weighted by atomic mass is 10.1. The molecule has 2 aromatic rings. The Kier molecular flexibility index (Phi) is 2.96. The van der Waals surface area contributed by atoms with Crippen LogP contribution in [-0.2, 0) is 12.8 Å². The van der Waals surface area contributed by atoms with Gasteiger partial charge in [0.05, 0.1) is 0 Å². The first-order chi connectivity index (χ1) is 7.92. The van der Waals surface area contributed by atoms with Crippen molar-refractivity contribution in [3.05, 3.63) is 66.8 Å². The highest BCUT2D eigenvalue weighted by Crippen LogP contribution is 2.20. The van der Waals surface area contributed by atoms with Gasteiger partial charge in [0.25, 0.3) is 0 Å². The van der Waals surface area contributed by atoms with Crippen LogP contribution >= 0.6 is 0 Å². The van der Waals surface area contributed by atoms with E-state index in [0.29, 0.717) is 0 Å². The van der Waals surface area contributed by atoms with E-state index < -0.39 is 0 Å². The van der Waals surface area contributed by atoms with Crippen LogP contribution in [0, 0.1) is 7.14 Å². The van der Waals surface area contributed by atoms with Crippen molar-refractivity contribution >= 4 is 0 Å². The topological polar surface area (TPSA) is 0 Å². The van der Waals surface area contributed by atoms with E-state index in [0.717, 1.165) is 0 Å². The van der Waals surface area contributed by atoms with Gasteiger partial charge in [0, 0.05) is 0 Å². The van der Waals surface area contributed by atoms with Crippen molar-refractivity contribution in [3.63, 3.8) is 0 Å². The van der Waals surface area contributed by atoms with E-state index in [2.05, 4.69) is 48.5 Å². The van der Waals surface area contributed by atoms with Crippen molar-refractivity contribution in [2.45, 2.75) is 19.3 Å². The van der Waals surface area contributed by atoms with E-state index in [-0.39, 0.29) is 21.2 Å². The first kappa shape index (κ1) is 10.3. The van der Waals surface area contributed by atoms with Gasteiger partial charge in [-0.2, -0.15) is 0 Å². The van der Waals surface area contributed by atoms with E-state index in [1.54, 1.807) is 14.7 Å². The Hall–Kier alpha value is -0.830. The van der Waals surface area contributed by atoms with Gasteiger partial charge in [-0.25, -0.2) is 0 Å². The third-order valence-corrected chi connectivity index (χ3v) is 5.65. The maximum Gasteiger partial charge on any atom is 0.357 e. The number of hydrogen-bond donors (Lipinski definition) is 0. The molecule has 80 valence electrons. The van der Waals surface area contributed by atoms with Crippen LogP contribution in [0.15, 0.2) is 48.5 Å². The van der Waals surface area contributed by atoms with Gasteiger partial charge in [-0.3, -0.25) is 0 Å². The Morgan fingerprint density at radius 3 is 2.44 bits per heavy atom. The van der Waals surface area contributed by atoms with Crippen LogP contribution in [0.1, 0.15) is 17.5 Å². The molecule has 0 spiro atoms. The smallest absolute Gasteiger partial charge is 0.0619 e. The summed E-state index contributed by atoms with van der Waals surface area (Å²) in [5, 5.41) is 0. The molecule has 0 amide bonds. The summed E-state index contributed by atoms with van der Waals surface area (Å²) in [7, 11) is 0. The molecule has 0 saturated carbocycles. The van der Waals surface area contributed by atoms with E-state index >= 15 is 0 Å². The van der Waals surface area contributed by atoms with Crippen molar-refractivity contribution in [2.24, 2.45) is 0 Å². The summed E-state index contributed by atoms with van der Waals surface area (Å²) >= 11 is 0.0208. The quantitative estimate of drug-likeness (QED) is 0.698. The second-order valence-corrected chi connectivity index (χ2v) is 7.19. The van der Waals surface area contributed by atoms with Gasteiger partial charge >= 0.3 is 21.2 Å². The largest absolute Gasteiger partial charge is 0.357 e. The van der Waals surface area contributed by atoms with Gasteiger partial charge in [0.1, 0.15) is 0 Å². The fourth-order valence-corrected chi connectivity index (χ4v) is 4.59. The highest BCUT2D eigenvalue weighted by molar-refractivity contribution is 5.30. The zero-order valence-electron chi connectivity index (χ0n) is 9.12. The molecule has 0 fully saturated rings. The Bertz CT molecular complexity index is 488. The molecule has 0 heterocycles. The average Bonchev–Trinajstić information content (AvgIpc) is 2.77. The fraction of sp³-hybridized carbons (Fsp3) is 0.200. The SMILES string of the molecule is c1ccc([I+]c2ccc3c(c2)CCC3)cc1. The summed E-state index contributed by atoms with van der Waals surface area (Å²) in [6, 6.07) is 18.0. The highest BCUT2D eigenvalue weighted by Gasteiger charge is 2.18. The maximum absolute atomic E-state index is 2.45. The molecule has 0 nitrogen and oxygen atoms in total. The van der Waals surface area contributed by atoms with Crippen LogP contribution in [0.5, 0.6) is 0 Å². The van der Waals surface area contributed by atoms with Gasteiger partial charge in [-0.1, -0.05) is 24.3 Å². The number of halogens is 1. The molecule has 0 unspecified atom stereocenters. The molecule has 0 bridgehead atoms. The average molecular weight is 321 g/mol. The molecule has 1 aliphatic carbocycles. The summed E-state index contributed by atoms with van der Waals surface area (Å²) in [6.07, 6.45) is 3.93. The maximum atomic E-state index is 2.45. The minimum Gasteiger partial charge on any atom is -0.0619 e. The lowest BCUT2D eigenvalue weighted by molar-refractivity contribution is -0.597. The van der Waals surface area contributed by atoms with Crippen LogP contribution in [0.25, 0.3) is 0 Å². The molecule has 0 atom stereocenters. The Labute approximate surface area is 107 Å². The monoisotopic (exact) mass is 321 g/mol. The zero-order valence-corrected chi connectivity index (χ0v) is 11.3. The number of hydrogen-bond acceptors (Lipinski definition) is 0. The lowest BCUT2D eigenvalue weighted by Crippen LogP contribution is -3.61. The summed E-state index contributed by atoms with van der Waals surface area (Å²) in [6.45, 7) is 0. The first-order valence-corrected chi connectivity index (χ1v) is 7.89. The first-order valence-electron chi connectivity index (χ1n) is 5.73. The summed E-state index contributed by atoms with van der Waals surface area (Å²) in [5.74, 6) is 0. The van der Waals surface area contributed by atoms with E-state index in [1.165, 1.54) is 22.8 Å². The molecule has 0 N–H and O–H groups in total. The number of rotatable bonds is 2. The van der Waals surface area contributed by atoms with Crippen molar-refractivity contribution in [1.82, 2.24) is 0 Å². The Balaban J connectivity index is 1.86. The Morgan fingerprint density at radius 1 is 0.750 bits per heavy atom. The lowest BCUT2D eigenvalue weighted by Gasteiger charge is -1.95. The second kappa shape index (κ2) is 4.58. The minimum atomic E-state index is 0.0208. The number of benzene rings is 2. The van der Waals surface area contributed by atoms with Gasteiger partial charge in [-0.05, 0) is 54.7 Å². The van der Waals surface area contributed by atoms with Gasteiger partial charge in [0.2, 0.25) is 0 Å². The normalized spacial score (nSPS) is 13.8. The predicted molar refractivity (Wildman–Crippen MR) is 62.3 cm³/mol. The number of fused-ring (bicyclic) bond motifs is 1. The molecule has 0 aromatic heterocycles. The molecule has 1 aliphatic rings. The molecule has 0 aliphatic heterocycles. The molecule has 0 saturated heterocycles. The van der Waals surface area contributed by atoms with Crippen LogP contribution in [0.4, 0.5) is 0 Å². The van der Waals surface area contributed by atoms with Crippen LogP contribution in [0.3, 0.4) is 0 Å². The van der Waals surface area contributed by atoms with E-state index in [1.807, 2.05) is 0 Å². The summed E-state index contributed by atoms with van der Waals surface area (Å²) in [4.78, 5) is 0. The second-order valence-electron chi connectivity index (χ2n) is 4.16. The highest BCUT2D eigenvalue weighted by atomic mass is 127. The zero-order chi connectivity index (χ0) is 10.8. The van der Waals surface area contributed by atoms with Crippen molar-refractivity contribution in [2.75, 3.05) is 0 Å². The fourth-order valence-electron chi connectivity index (χ4n) is 2.20. The third-order valence-electron chi connectivity index (χ3n) is 3.01. The van der Waals surface area contributed by atoms with Crippen molar-refractivity contribution < 1.29 is 21.2 Å². The summed E-state index contributed by atoms with van der Waals surface area (Å²) < 4.78 is 3.07. The molecule has 1 heteroatoms.